The first kappa shape index (κ1) is 16.7. The molecule has 126 valence electrons. The number of carbonyl (C=O) groups is 1. The summed E-state index contributed by atoms with van der Waals surface area (Å²) >= 11 is 6.17. The second-order valence-electron chi connectivity index (χ2n) is 6.66. The van der Waals surface area contributed by atoms with Crippen LogP contribution < -0.4 is 5.32 Å². The Morgan fingerprint density at radius 1 is 1.35 bits per heavy atom. The van der Waals surface area contributed by atoms with Crippen molar-refractivity contribution in [3.8, 4) is 0 Å². The van der Waals surface area contributed by atoms with Crippen LogP contribution >= 0.6 is 11.6 Å². The van der Waals surface area contributed by atoms with Gasteiger partial charge in [-0.2, -0.15) is 0 Å². The van der Waals surface area contributed by atoms with E-state index in [2.05, 4.69) is 22.2 Å². The van der Waals surface area contributed by atoms with E-state index in [1.165, 1.54) is 6.07 Å². The quantitative estimate of drug-likeness (QED) is 0.897. The average Bonchev–Trinajstić information content (AvgIpc) is 2.70. The minimum atomic E-state index is -0.247. The van der Waals surface area contributed by atoms with Gasteiger partial charge < -0.3 is 5.32 Å². The van der Waals surface area contributed by atoms with Crippen LogP contribution in [0.25, 0.3) is 0 Å². The van der Waals surface area contributed by atoms with E-state index in [0.29, 0.717) is 30.1 Å². The molecule has 0 bridgehead atoms. The Kier molecular flexibility index (Phi) is 4.90. The van der Waals surface area contributed by atoms with Crippen molar-refractivity contribution in [3.05, 3.63) is 34.6 Å². The molecule has 4 nitrogen and oxygen atoms in total. The summed E-state index contributed by atoms with van der Waals surface area (Å²) in [6.07, 6.45) is 2.33. The molecule has 1 aromatic rings. The van der Waals surface area contributed by atoms with Crippen molar-refractivity contribution in [1.29, 1.82) is 0 Å². The summed E-state index contributed by atoms with van der Waals surface area (Å²) in [5.41, 5.74) is 0.548. The number of rotatable bonds is 2. The number of hydrogen-bond acceptors (Lipinski definition) is 3. The van der Waals surface area contributed by atoms with Crippen LogP contribution in [0.15, 0.2) is 18.2 Å². The largest absolute Gasteiger partial charge is 0.356 e. The Balaban J connectivity index is 1.76. The van der Waals surface area contributed by atoms with E-state index in [0.717, 1.165) is 32.5 Å². The maximum atomic E-state index is 14.1. The Labute approximate surface area is 141 Å². The second-order valence-corrected chi connectivity index (χ2v) is 7.06. The summed E-state index contributed by atoms with van der Waals surface area (Å²) in [5.74, 6) is -0.118. The van der Waals surface area contributed by atoms with Crippen LogP contribution in [-0.2, 0) is 11.3 Å². The predicted octanol–water partition coefficient (Wildman–Crippen LogP) is 2.27. The SMILES string of the molecule is CN1CCN(Cc2c(F)cccc2Cl)C[C@@]12CCNC(=O)CC2. The summed E-state index contributed by atoms with van der Waals surface area (Å²) in [6, 6.07) is 4.83. The summed E-state index contributed by atoms with van der Waals surface area (Å²) in [4.78, 5) is 16.3. The topological polar surface area (TPSA) is 35.6 Å². The molecule has 0 radical (unpaired) electrons. The van der Waals surface area contributed by atoms with Crippen LogP contribution in [-0.4, -0.2) is 54.5 Å². The molecule has 2 fully saturated rings. The molecule has 1 atom stereocenters. The lowest BCUT2D eigenvalue weighted by Crippen LogP contribution is -2.60. The Hall–Kier alpha value is -1.17. The van der Waals surface area contributed by atoms with E-state index >= 15 is 0 Å². The highest BCUT2D eigenvalue weighted by atomic mass is 35.5. The van der Waals surface area contributed by atoms with Crippen LogP contribution in [0.3, 0.4) is 0 Å². The normalized spacial score (nSPS) is 27.0. The summed E-state index contributed by atoms with van der Waals surface area (Å²) in [6.45, 7) is 3.85. The van der Waals surface area contributed by atoms with Crippen LogP contribution in [0.5, 0.6) is 0 Å². The van der Waals surface area contributed by atoms with E-state index in [1.54, 1.807) is 12.1 Å². The van der Waals surface area contributed by atoms with Gasteiger partial charge in [-0.05, 0) is 32.0 Å². The molecule has 3 rings (SSSR count). The molecule has 1 N–H and O–H groups in total. The third kappa shape index (κ3) is 3.52. The fourth-order valence-electron chi connectivity index (χ4n) is 3.72. The maximum Gasteiger partial charge on any atom is 0.220 e. The molecule has 0 saturated carbocycles. The lowest BCUT2D eigenvalue weighted by molar-refractivity contribution is -0.121. The number of likely N-dealkylation sites (N-methyl/N-ethyl adjacent to an activating group) is 1. The predicted molar refractivity (Wildman–Crippen MR) is 88.9 cm³/mol. The summed E-state index contributed by atoms with van der Waals surface area (Å²) < 4.78 is 14.1. The van der Waals surface area contributed by atoms with E-state index in [4.69, 9.17) is 11.6 Å². The zero-order valence-corrected chi connectivity index (χ0v) is 14.2. The fraction of sp³-hybridized carbons (Fsp3) is 0.588. The molecule has 0 unspecified atom stereocenters. The van der Waals surface area contributed by atoms with Crippen LogP contribution in [0, 0.1) is 5.82 Å². The molecule has 2 saturated heterocycles. The van der Waals surface area contributed by atoms with Gasteiger partial charge in [0.15, 0.2) is 0 Å². The first-order chi connectivity index (χ1) is 11.0. The number of nitrogens with zero attached hydrogens (tertiary/aromatic N) is 2. The van der Waals surface area contributed by atoms with Crippen molar-refractivity contribution in [3.63, 3.8) is 0 Å². The van der Waals surface area contributed by atoms with E-state index in [-0.39, 0.29) is 17.3 Å². The highest BCUT2D eigenvalue weighted by Crippen LogP contribution is 2.32. The molecule has 1 amide bonds. The molecule has 23 heavy (non-hydrogen) atoms. The van der Waals surface area contributed by atoms with Crippen molar-refractivity contribution < 1.29 is 9.18 Å². The molecule has 1 aromatic carbocycles. The molecular weight excluding hydrogens is 317 g/mol. The smallest absolute Gasteiger partial charge is 0.220 e. The number of amides is 1. The van der Waals surface area contributed by atoms with E-state index < -0.39 is 0 Å². The molecule has 2 aliphatic heterocycles. The van der Waals surface area contributed by atoms with Crippen molar-refractivity contribution in [2.45, 2.75) is 31.3 Å². The second kappa shape index (κ2) is 6.75. The van der Waals surface area contributed by atoms with Crippen molar-refractivity contribution in [2.75, 3.05) is 33.2 Å². The highest BCUT2D eigenvalue weighted by molar-refractivity contribution is 6.31. The molecule has 2 aliphatic rings. The van der Waals surface area contributed by atoms with Gasteiger partial charge in [-0.1, -0.05) is 17.7 Å². The number of piperazine rings is 1. The fourth-order valence-corrected chi connectivity index (χ4v) is 3.94. The van der Waals surface area contributed by atoms with Gasteiger partial charge in [0.1, 0.15) is 5.82 Å². The molecule has 6 heteroatoms. The number of nitrogens with one attached hydrogen (secondary N) is 1. The zero-order valence-electron chi connectivity index (χ0n) is 13.4. The first-order valence-corrected chi connectivity index (χ1v) is 8.51. The molecular formula is C17H23ClFN3O. The standard InChI is InChI=1S/C17H23ClFN3O/c1-21-9-10-22(11-13-14(18)3-2-4-15(13)19)12-17(21)6-5-16(23)20-8-7-17/h2-4H,5-12H2,1H3,(H,20,23)/t17-/m1/s1. The van der Waals surface area contributed by atoms with E-state index in [9.17, 15) is 9.18 Å². The lowest BCUT2D eigenvalue weighted by atomic mass is 9.86. The van der Waals surface area contributed by atoms with Crippen molar-refractivity contribution in [2.24, 2.45) is 0 Å². The average molecular weight is 340 g/mol. The lowest BCUT2D eigenvalue weighted by Gasteiger charge is -2.49. The molecule has 2 heterocycles. The maximum absolute atomic E-state index is 14.1. The van der Waals surface area contributed by atoms with Gasteiger partial charge in [0.05, 0.1) is 0 Å². The van der Waals surface area contributed by atoms with Gasteiger partial charge in [-0.15, -0.1) is 0 Å². The molecule has 0 aromatic heterocycles. The molecule has 0 aliphatic carbocycles. The van der Waals surface area contributed by atoms with Gasteiger partial charge in [0.25, 0.3) is 0 Å². The Bertz CT molecular complexity index is 577. The van der Waals surface area contributed by atoms with Gasteiger partial charge in [0.2, 0.25) is 5.91 Å². The number of benzene rings is 1. The van der Waals surface area contributed by atoms with Crippen molar-refractivity contribution >= 4 is 17.5 Å². The minimum absolute atomic E-state index is 0.0187. The third-order valence-electron chi connectivity index (χ3n) is 5.25. The Morgan fingerprint density at radius 2 is 2.17 bits per heavy atom. The number of hydrogen-bond donors (Lipinski definition) is 1. The zero-order chi connectivity index (χ0) is 16.4. The highest BCUT2D eigenvalue weighted by Gasteiger charge is 2.40. The van der Waals surface area contributed by atoms with Gasteiger partial charge in [-0.25, -0.2) is 4.39 Å². The van der Waals surface area contributed by atoms with Crippen LogP contribution in [0.4, 0.5) is 4.39 Å². The van der Waals surface area contributed by atoms with E-state index in [1.807, 2.05) is 0 Å². The number of halogens is 2. The Morgan fingerprint density at radius 3 is 2.96 bits per heavy atom. The summed E-state index contributed by atoms with van der Waals surface area (Å²) in [7, 11) is 2.13. The first-order valence-electron chi connectivity index (χ1n) is 8.13. The van der Waals surface area contributed by atoms with Crippen molar-refractivity contribution in [1.82, 2.24) is 15.1 Å². The molecule has 1 spiro atoms. The minimum Gasteiger partial charge on any atom is -0.356 e. The third-order valence-corrected chi connectivity index (χ3v) is 5.61. The number of carbonyl (C=O) groups excluding carboxylic acids is 1. The van der Waals surface area contributed by atoms with Crippen LogP contribution in [0.2, 0.25) is 5.02 Å². The van der Waals surface area contributed by atoms with Gasteiger partial charge in [-0.3, -0.25) is 14.6 Å². The van der Waals surface area contributed by atoms with Gasteiger partial charge in [0, 0.05) is 55.3 Å². The van der Waals surface area contributed by atoms with Crippen LogP contribution in [0.1, 0.15) is 24.8 Å². The monoisotopic (exact) mass is 339 g/mol. The summed E-state index contributed by atoms with van der Waals surface area (Å²) in [5, 5.41) is 3.44. The van der Waals surface area contributed by atoms with Gasteiger partial charge >= 0.3 is 0 Å².